The van der Waals surface area contributed by atoms with Gasteiger partial charge in [-0.2, -0.15) is 0 Å². The lowest BCUT2D eigenvalue weighted by molar-refractivity contribution is -0.152. The van der Waals surface area contributed by atoms with Crippen molar-refractivity contribution in [2.75, 3.05) is 13.2 Å². The third kappa shape index (κ3) is 3.05. The lowest BCUT2D eigenvalue weighted by Crippen LogP contribution is -2.64. The van der Waals surface area contributed by atoms with Gasteiger partial charge in [-0.1, -0.05) is 18.2 Å². The fraction of sp³-hybridized carbons (Fsp3) is 0.438. The molecule has 122 valence electrons. The van der Waals surface area contributed by atoms with Gasteiger partial charge in [0.15, 0.2) is 5.78 Å². The van der Waals surface area contributed by atoms with E-state index in [1.54, 1.807) is 12.1 Å². The van der Waals surface area contributed by atoms with Gasteiger partial charge in [-0.25, -0.2) is 4.79 Å². The van der Waals surface area contributed by atoms with Crippen LogP contribution in [0.15, 0.2) is 30.3 Å². The van der Waals surface area contributed by atoms with Crippen LogP contribution in [0, 0.1) is 0 Å². The maximum Gasteiger partial charge on any atom is 0.326 e. The van der Waals surface area contributed by atoms with Crippen molar-refractivity contribution in [3.8, 4) is 5.75 Å². The highest BCUT2D eigenvalue weighted by Gasteiger charge is 2.48. The minimum absolute atomic E-state index is 0.0258. The number of aliphatic carboxylic acids is 1. The van der Waals surface area contributed by atoms with Gasteiger partial charge in [0.1, 0.15) is 18.4 Å². The van der Waals surface area contributed by atoms with Gasteiger partial charge in [0, 0.05) is 0 Å². The van der Waals surface area contributed by atoms with Crippen LogP contribution < -0.4 is 10.1 Å². The lowest BCUT2D eigenvalue weighted by Gasteiger charge is -2.38. The van der Waals surface area contributed by atoms with Crippen LogP contribution in [-0.4, -0.2) is 58.9 Å². The van der Waals surface area contributed by atoms with E-state index < -0.39 is 24.1 Å². The third-order valence-electron chi connectivity index (χ3n) is 4.33. The Morgan fingerprint density at radius 2 is 2.00 bits per heavy atom. The van der Waals surface area contributed by atoms with Crippen molar-refractivity contribution in [3.05, 3.63) is 30.3 Å². The zero-order valence-corrected chi connectivity index (χ0v) is 12.5. The SMILES string of the molecule is O=C(COc1ccccc1)C1NCC(=O)N2C(C(=O)O)CCC12. The molecule has 2 N–H and O–H groups in total. The topological polar surface area (TPSA) is 95.9 Å². The molecule has 7 heteroatoms. The van der Waals surface area contributed by atoms with E-state index in [-0.39, 0.29) is 24.8 Å². The van der Waals surface area contributed by atoms with Gasteiger partial charge >= 0.3 is 5.97 Å². The summed E-state index contributed by atoms with van der Waals surface area (Å²) in [6, 6.07) is 7.16. The Kier molecular flexibility index (Phi) is 4.29. The van der Waals surface area contributed by atoms with Crippen molar-refractivity contribution in [2.45, 2.75) is 31.0 Å². The molecule has 2 aliphatic heterocycles. The summed E-state index contributed by atoms with van der Waals surface area (Å²) in [6.07, 6.45) is 0.869. The second-order valence-electron chi connectivity index (χ2n) is 5.73. The number of nitrogens with one attached hydrogen (secondary N) is 1. The van der Waals surface area contributed by atoms with E-state index in [0.29, 0.717) is 18.6 Å². The first kappa shape index (κ1) is 15.5. The Morgan fingerprint density at radius 3 is 2.70 bits per heavy atom. The molecular weight excluding hydrogens is 300 g/mol. The number of nitrogens with zero attached hydrogens (tertiary/aromatic N) is 1. The molecule has 3 unspecified atom stereocenters. The predicted molar refractivity (Wildman–Crippen MR) is 80.0 cm³/mol. The number of hydrogen-bond donors (Lipinski definition) is 2. The molecule has 3 rings (SSSR count). The van der Waals surface area contributed by atoms with Crippen molar-refractivity contribution < 1.29 is 24.2 Å². The number of fused-ring (bicyclic) bond motifs is 1. The fourth-order valence-corrected chi connectivity index (χ4v) is 3.28. The number of para-hydroxylation sites is 1. The Morgan fingerprint density at radius 1 is 1.26 bits per heavy atom. The quantitative estimate of drug-likeness (QED) is 0.796. The van der Waals surface area contributed by atoms with Crippen LogP contribution in [0.4, 0.5) is 0 Å². The van der Waals surface area contributed by atoms with E-state index >= 15 is 0 Å². The van der Waals surface area contributed by atoms with Gasteiger partial charge in [-0.15, -0.1) is 0 Å². The average Bonchev–Trinajstić information content (AvgIpc) is 3.00. The molecule has 2 aliphatic rings. The zero-order valence-electron chi connectivity index (χ0n) is 12.5. The molecule has 2 fully saturated rings. The summed E-state index contributed by atoms with van der Waals surface area (Å²) < 4.78 is 5.46. The predicted octanol–water partition coefficient (Wildman–Crippen LogP) is 0.0505. The van der Waals surface area contributed by atoms with E-state index in [1.807, 2.05) is 18.2 Å². The van der Waals surface area contributed by atoms with Crippen molar-refractivity contribution in [3.63, 3.8) is 0 Å². The number of carbonyl (C=O) groups is 3. The number of carboxylic acid groups (broad SMARTS) is 1. The van der Waals surface area contributed by atoms with Gasteiger partial charge in [0.2, 0.25) is 5.91 Å². The summed E-state index contributed by atoms with van der Waals surface area (Å²) in [5, 5.41) is 12.1. The van der Waals surface area contributed by atoms with Gasteiger partial charge in [0.25, 0.3) is 0 Å². The van der Waals surface area contributed by atoms with E-state index in [2.05, 4.69) is 5.32 Å². The highest BCUT2D eigenvalue weighted by atomic mass is 16.5. The maximum atomic E-state index is 12.4. The third-order valence-corrected chi connectivity index (χ3v) is 4.33. The summed E-state index contributed by atoms with van der Waals surface area (Å²) in [4.78, 5) is 37.0. The molecule has 3 atom stereocenters. The first-order valence-corrected chi connectivity index (χ1v) is 7.56. The lowest BCUT2D eigenvalue weighted by atomic mass is 9.99. The Labute approximate surface area is 133 Å². The van der Waals surface area contributed by atoms with Gasteiger partial charge in [0.05, 0.1) is 18.6 Å². The summed E-state index contributed by atoms with van der Waals surface area (Å²) in [5.41, 5.74) is 0. The molecule has 0 aliphatic carbocycles. The van der Waals surface area contributed by atoms with Crippen molar-refractivity contribution in [1.82, 2.24) is 10.2 Å². The first-order valence-electron chi connectivity index (χ1n) is 7.56. The van der Waals surface area contributed by atoms with Crippen LogP contribution in [-0.2, 0) is 14.4 Å². The van der Waals surface area contributed by atoms with Crippen LogP contribution in [0.25, 0.3) is 0 Å². The zero-order chi connectivity index (χ0) is 16.4. The number of piperazine rings is 1. The molecule has 0 aromatic heterocycles. The number of carboxylic acids is 1. The van der Waals surface area contributed by atoms with Crippen LogP contribution in [0.5, 0.6) is 5.75 Å². The highest BCUT2D eigenvalue weighted by Crippen LogP contribution is 2.29. The molecule has 2 heterocycles. The van der Waals surface area contributed by atoms with E-state index in [0.717, 1.165) is 0 Å². The molecule has 1 aromatic carbocycles. The average molecular weight is 318 g/mol. The molecule has 0 spiro atoms. The second-order valence-corrected chi connectivity index (χ2v) is 5.73. The Hall–Kier alpha value is -2.41. The van der Waals surface area contributed by atoms with Gasteiger partial charge in [-0.05, 0) is 25.0 Å². The summed E-state index contributed by atoms with van der Waals surface area (Å²) in [5.74, 6) is -0.871. The number of Topliss-reactive ketones (excluding diaryl/α,β-unsaturated/α-hetero) is 1. The number of ketones is 1. The van der Waals surface area contributed by atoms with E-state index in [1.165, 1.54) is 4.90 Å². The van der Waals surface area contributed by atoms with Crippen molar-refractivity contribution in [1.29, 1.82) is 0 Å². The molecule has 0 saturated carbocycles. The molecule has 23 heavy (non-hydrogen) atoms. The molecule has 0 radical (unpaired) electrons. The standard InChI is InChI=1S/C16H18N2O5/c19-13(9-23-10-4-2-1-3-5-10)15-11-6-7-12(16(21)22)18(11)14(20)8-17-15/h1-5,11-12,15,17H,6-9H2,(H,21,22). The Bertz CT molecular complexity index is 618. The monoisotopic (exact) mass is 318 g/mol. The smallest absolute Gasteiger partial charge is 0.326 e. The normalized spacial score (nSPS) is 26.7. The molecule has 7 nitrogen and oxygen atoms in total. The minimum Gasteiger partial charge on any atom is -0.486 e. The van der Waals surface area contributed by atoms with Crippen molar-refractivity contribution >= 4 is 17.7 Å². The van der Waals surface area contributed by atoms with Crippen molar-refractivity contribution in [2.24, 2.45) is 0 Å². The maximum absolute atomic E-state index is 12.4. The summed E-state index contributed by atoms with van der Waals surface area (Å²) in [6.45, 7) is -0.139. The number of benzene rings is 1. The number of ether oxygens (including phenoxy) is 1. The fourth-order valence-electron chi connectivity index (χ4n) is 3.28. The second kappa shape index (κ2) is 6.37. The number of hydrogen-bond acceptors (Lipinski definition) is 5. The number of rotatable bonds is 5. The molecule has 1 aromatic rings. The number of amides is 1. The van der Waals surface area contributed by atoms with E-state index in [9.17, 15) is 19.5 Å². The van der Waals surface area contributed by atoms with Crippen LogP contribution >= 0.6 is 0 Å². The molecule has 0 bridgehead atoms. The largest absolute Gasteiger partial charge is 0.486 e. The number of carbonyl (C=O) groups excluding carboxylic acids is 2. The molecule has 2 saturated heterocycles. The molecular formula is C16H18N2O5. The van der Waals surface area contributed by atoms with Crippen LogP contribution in [0.3, 0.4) is 0 Å². The first-order chi connectivity index (χ1) is 11.1. The van der Waals surface area contributed by atoms with Gasteiger partial charge < -0.3 is 14.7 Å². The minimum atomic E-state index is -1.02. The highest BCUT2D eigenvalue weighted by molar-refractivity contribution is 5.92. The molecule has 1 amide bonds. The van der Waals surface area contributed by atoms with E-state index in [4.69, 9.17) is 4.74 Å². The summed E-state index contributed by atoms with van der Waals surface area (Å²) in [7, 11) is 0. The van der Waals surface area contributed by atoms with Crippen LogP contribution in [0.2, 0.25) is 0 Å². The Balaban J connectivity index is 1.67. The summed E-state index contributed by atoms with van der Waals surface area (Å²) >= 11 is 0. The van der Waals surface area contributed by atoms with Crippen LogP contribution in [0.1, 0.15) is 12.8 Å². The van der Waals surface area contributed by atoms with Gasteiger partial charge in [-0.3, -0.25) is 14.9 Å².